The quantitative estimate of drug-likeness (QED) is 0.461. The van der Waals surface area contributed by atoms with Gasteiger partial charge in [-0.2, -0.15) is 0 Å². The Labute approximate surface area is 202 Å². The zero-order chi connectivity index (χ0) is 24.9. The van der Waals surface area contributed by atoms with Gasteiger partial charge in [-0.15, -0.1) is 0 Å². The fraction of sp³-hybridized carbons (Fsp3) is 0.222. The molecule has 2 amide bonds. The fourth-order valence-corrected chi connectivity index (χ4v) is 4.29. The molecule has 8 nitrogen and oxygen atoms in total. The van der Waals surface area contributed by atoms with Crippen LogP contribution in [0.3, 0.4) is 0 Å². The summed E-state index contributed by atoms with van der Waals surface area (Å²) in [6.45, 7) is -0.229. The normalized spacial score (nSPS) is 12.8. The number of ether oxygens (including phenoxy) is 1. The summed E-state index contributed by atoms with van der Waals surface area (Å²) in [5.41, 5.74) is 5.04. The lowest BCUT2D eigenvalue weighted by molar-refractivity contribution is -0.141. The molecule has 3 N–H and O–H groups in total. The Kier molecular flexibility index (Phi) is 7.01. The van der Waals surface area contributed by atoms with Gasteiger partial charge in [0.15, 0.2) is 0 Å². The lowest BCUT2D eigenvalue weighted by Crippen LogP contribution is -2.47. The van der Waals surface area contributed by atoms with Crippen LogP contribution >= 0.6 is 0 Å². The molecule has 0 saturated carbocycles. The van der Waals surface area contributed by atoms with Gasteiger partial charge >= 0.3 is 12.1 Å². The molecule has 4 rings (SSSR count). The molecule has 0 heterocycles. The first-order valence-electron chi connectivity index (χ1n) is 11.2. The highest BCUT2D eigenvalue weighted by Crippen LogP contribution is 2.44. The highest BCUT2D eigenvalue weighted by Gasteiger charge is 2.30. The van der Waals surface area contributed by atoms with Gasteiger partial charge in [0.05, 0.1) is 0 Å². The van der Waals surface area contributed by atoms with E-state index in [1.54, 1.807) is 12.1 Å². The molecule has 180 valence electrons. The van der Waals surface area contributed by atoms with Gasteiger partial charge in [-0.3, -0.25) is 4.79 Å². The molecule has 35 heavy (non-hydrogen) atoms. The Morgan fingerprint density at radius 2 is 1.51 bits per heavy atom. The van der Waals surface area contributed by atoms with Crippen LogP contribution in [0, 0.1) is 0 Å². The Hall–Kier alpha value is -4.33. The van der Waals surface area contributed by atoms with Gasteiger partial charge in [0, 0.05) is 19.4 Å². The number of aromatic hydroxyl groups is 1. The van der Waals surface area contributed by atoms with E-state index in [-0.39, 0.29) is 31.2 Å². The number of phenolic OH excluding ortho intramolecular Hbond substituents is 1. The SMILES string of the molecule is CN(CC(=O)N[C@@H](Cc1ccc(O)cc1)C(=O)O)C(=O)OCC1c2ccccc2-c2ccccc21. The summed E-state index contributed by atoms with van der Waals surface area (Å²) in [5, 5.41) is 21.3. The monoisotopic (exact) mass is 474 g/mol. The van der Waals surface area contributed by atoms with Gasteiger partial charge in [0.2, 0.25) is 5.91 Å². The number of nitrogens with one attached hydrogen (secondary N) is 1. The summed E-state index contributed by atoms with van der Waals surface area (Å²) in [4.78, 5) is 37.7. The molecule has 3 aromatic carbocycles. The number of fused-ring (bicyclic) bond motifs is 3. The minimum Gasteiger partial charge on any atom is -0.508 e. The summed E-state index contributed by atoms with van der Waals surface area (Å²) >= 11 is 0. The van der Waals surface area contributed by atoms with Crippen LogP contribution in [0.4, 0.5) is 4.79 Å². The summed E-state index contributed by atoms with van der Waals surface area (Å²) in [7, 11) is 1.42. The number of aliphatic carboxylic acids is 1. The van der Waals surface area contributed by atoms with E-state index in [2.05, 4.69) is 5.32 Å². The number of hydrogen-bond donors (Lipinski definition) is 3. The van der Waals surface area contributed by atoms with Gasteiger partial charge in [-0.1, -0.05) is 60.7 Å². The molecule has 1 aliphatic rings. The van der Waals surface area contributed by atoms with Crippen molar-refractivity contribution in [2.75, 3.05) is 20.2 Å². The molecule has 0 spiro atoms. The van der Waals surface area contributed by atoms with Crippen LogP contribution in [0.15, 0.2) is 72.8 Å². The minimum atomic E-state index is -1.20. The van der Waals surface area contributed by atoms with E-state index in [4.69, 9.17) is 4.74 Å². The van der Waals surface area contributed by atoms with Crippen molar-refractivity contribution in [2.24, 2.45) is 0 Å². The number of rotatable bonds is 8. The third-order valence-electron chi connectivity index (χ3n) is 6.04. The van der Waals surface area contributed by atoms with Crippen molar-refractivity contribution in [3.63, 3.8) is 0 Å². The first-order valence-corrected chi connectivity index (χ1v) is 11.2. The molecule has 0 fully saturated rings. The summed E-state index contributed by atoms with van der Waals surface area (Å²) in [6, 6.07) is 20.9. The van der Waals surface area contributed by atoms with Crippen LogP contribution in [0.1, 0.15) is 22.6 Å². The number of carboxylic acid groups (broad SMARTS) is 1. The second-order valence-electron chi connectivity index (χ2n) is 8.49. The van der Waals surface area contributed by atoms with Crippen LogP contribution in [0.5, 0.6) is 5.75 Å². The maximum atomic E-state index is 12.6. The lowest BCUT2D eigenvalue weighted by atomic mass is 9.98. The van der Waals surface area contributed by atoms with Gasteiger partial charge in [0.25, 0.3) is 0 Å². The molecule has 1 aliphatic carbocycles. The number of benzene rings is 3. The standard InChI is InChI=1S/C27H26N2O6/c1-29(15-25(31)28-24(26(32)33)14-17-10-12-18(30)13-11-17)27(34)35-16-23-21-8-4-2-6-19(21)20-7-3-5-9-22(20)23/h2-13,23-24,30H,14-16H2,1H3,(H,28,31)(H,32,33)/t24-/m0/s1. The average Bonchev–Trinajstić information content (AvgIpc) is 3.17. The first kappa shape index (κ1) is 23.8. The molecule has 0 radical (unpaired) electrons. The number of carbonyl (C=O) groups is 3. The van der Waals surface area contributed by atoms with Crippen LogP contribution in [0.2, 0.25) is 0 Å². The molecule has 3 aromatic rings. The number of phenols is 1. The van der Waals surface area contributed by atoms with Crippen molar-refractivity contribution in [2.45, 2.75) is 18.4 Å². The molecule has 8 heteroatoms. The maximum absolute atomic E-state index is 12.6. The molecule has 0 saturated heterocycles. The van der Waals surface area contributed by atoms with Gasteiger partial charge < -0.3 is 25.2 Å². The lowest BCUT2D eigenvalue weighted by Gasteiger charge is -2.21. The van der Waals surface area contributed by atoms with Gasteiger partial charge in [-0.05, 0) is 39.9 Å². The van der Waals surface area contributed by atoms with E-state index in [1.807, 2.05) is 48.5 Å². The van der Waals surface area contributed by atoms with E-state index in [0.717, 1.165) is 27.2 Å². The van der Waals surface area contributed by atoms with E-state index in [9.17, 15) is 24.6 Å². The highest BCUT2D eigenvalue weighted by molar-refractivity contribution is 5.87. The van der Waals surface area contributed by atoms with Crippen LogP contribution in [-0.2, 0) is 20.7 Å². The number of carbonyl (C=O) groups excluding carboxylic acids is 2. The van der Waals surface area contributed by atoms with Crippen molar-refractivity contribution >= 4 is 18.0 Å². The van der Waals surface area contributed by atoms with E-state index in [1.165, 1.54) is 19.2 Å². The van der Waals surface area contributed by atoms with Crippen LogP contribution < -0.4 is 5.32 Å². The number of likely N-dealkylation sites (N-methyl/N-ethyl adjacent to an activating group) is 1. The molecule has 0 unspecified atom stereocenters. The summed E-state index contributed by atoms with van der Waals surface area (Å²) in [5.74, 6) is -1.85. The van der Waals surface area contributed by atoms with E-state index < -0.39 is 24.0 Å². The Bertz CT molecular complexity index is 1190. The average molecular weight is 475 g/mol. The highest BCUT2D eigenvalue weighted by atomic mass is 16.6. The molecule has 0 aromatic heterocycles. The molecular formula is C27H26N2O6. The van der Waals surface area contributed by atoms with Crippen molar-refractivity contribution in [3.05, 3.63) is 89.5 Å². The van der Waals surface area contributed by atoms with Crippen molar-refractivity contribution in [1.82, 2.24) is 10.2 Å². The second-order valence-corrected chi connectivity index (χ2v) is 8.49. The Balaban J connectivity index is 1.33. The largest absolute Gasteiger partial charge is 0.508 e. The van der Waals surface area contributed by atoms with Gasteiger partial charge in [0.1, 0.15) is 24.9 Å². The third kappa shape index (κ3) is 5.43. The zero-order valence-electron chi connectivity index (χ0n) is 19.2. The number of nitrogens with zero attached hydrogens (tertiary/aromatic N) is 1. The minimum absolute atomic E-state index is 0.0377. The van der Waals surface area contributed by atoms with Gasteiger partial charge in [-0.25, -0.2) is 9.59 Å². The molecule has 0 bridgehead atoms. The number of amides is 2. The molecule has 1 atom stereocenters. The van der Waals surface area contributed by atoms with Crippen LogP contribution in [0.25, 0.3) is 11.1 Å². The number of hydrogen-bond acceptors (Lipinski definition) is 5. The first-order chi connectivity index (χ1) is 16.8. The Morgan fingerprint density at radius 1 is 0.943 bits per heavy atom. The van der Waals surface area contributed by atoms with Crippen LogP contribution in [-0.4, -0.2) is 59.3 Å². The van der Waals surface area contributed by atoms with Crippen molar-refractivity contribution in [1.29, 1.82) is 0 Å². The third-order valence-corrected chi connectivity index (χ3v) is 6.04. The summed E-state index contributed by atoms with van der Waals surface area (Å²) < 4.78 is 5.53. The topological polar surface area (TPSA) is 116 Å². The summed E-state index contributed by atoms with van der Waals surface area (Å²) in [6.07, 6.45) is -0.636. The molecular weight excluding hydrogens is 448 g/mol. The fourth-order valence-electron chi connectivity index (χ4n) is 4.29. The maximum Gasteiger partial charge on any atom is 0.409 e. The van der Waals surface area contributed by atoms with E-state index in [0.29, 0.717) is 5.56 Å². The smallest absolute Gasteiger partial charge is 0.409 e. The van der Waals surface area contributed by atoms with E-state index >= 15 is 0 Å². The zero-order valence-corrected chi connectivity index (χ0v) is 19.2. The van der Waals surface area contributed by atoms with Crippen molar-refractivity contribution in [3.8, 4) is 16.9 Å². The predicted octanol–water partition coefficient (Wildman–Crippen LogP) is 3.39. The second kappa shape index (κ2) is 10.3. The van der Waals surface area contributed by atoms with Crippen molar-refractivity contribution < 1.29 is 29.3 Å². The molecule has 0 aliphatic heterocycles. The predicted molar refractivity (Wildman–Crippen MR) is 129 cm³/mol. The Morgan fingerprint density at radius 3 is 2.09 bits per heavy atom. The number of carboxylic acids is 1.